The molecule has 0 aromatic heterocycles. The Labute approximate surface area is 195 Å². The number of hydrogen-bond donors (Lipinski definition) is 1. The molecule has 33 heavy (non-hydrogen) atoms. The first-order chi connectivity index (χ1) is 15.9. The highest BCUT2D eigenvalue weighted by Crippen LogP contribution is 2.41. The number of nitrogens with zero attached hydrogens (tertiary/aromatic N) is 1. The molecule has 8 heteroatoms. The lowest BCUT2D eigenvalue weighted by Gasteiger charge is -2.37. The van der Waals surface area contributed by atoms with Crippen molar-refractivity contribution in [3.8, 4) is 5.75 Å². The van der Waals surface area contributed by atoms with Crippen LogP contribution in [0.3, 0.4) is 0 Å². The maximum atomic E-state index is 14.6. The molecule has 1 atom stereocenters. The third-order valence-electron chi connectivity index (χ3n) is 5.42. The Hall–Kier alpha value is -3.58. The molecule has 6 nitrogen and oxygen atoms in total. The number of rotatable bonds is 6. The van der Waals surface area contributed by atoms with Crippen LogP contribution in [0, 0.1) is 5.82 Å². The molecule has 1 aliphatic heterocycles. The molecule has 0 bridgehead atoms. The average Bonchev–Trinajstić information content (AvgIpc) is 2.82. The fourth-order valence-electron chi connectivity index (χ4n) is 3.96. The van der Waals surface area contributed by atoms with Crippen molar-refractivity contribution >= 4 is 23.7 Å². The number of aliphatic carboxylic acids is 1. The standard InChI is InChI=1S/C25H21ClFNO5/c26-17-9-10-22(32-15-23(29)30)20(13-17)24-19-7-4-8-21(27)18(19)11-12-28(24)25(31)33-14-16-5-2-1-3-6-16/h1-10,13,24H,11-12,14-15H2,(H,29,30). The van der Waals surface area contributed by atoms with Gasteiger partial charge >= 0.3 is 12.1 Å². The Kier molecular flexibility index (Phi) is 6.79. The second-order valence-corrected chi connectivity index (χ2v) is 7.99. The normalized spacial score (nSPS) is 15.0. The van der Waals surface area contributed by atoms with E-state index in [-0.39, 0.29) is 24.7 Å². The summed E-state index contributed by atoms with van der Waals surface area (Å²) in [6.45, 7) is -0.288. The number of benzene rings is 3. The van der Waals surface area contributed by atoms with Crippen molar-refractivity contribution in [2.45, 2.75) is 19.1 Å². The highest BCUT2D eigenvalue weighted by molar-refractivity contribution is 6.30. The molecule has 1 heterocycles. The molecule has 4 rings (SSSR count). The zero-order chi connectivity index (χ0) is 23.4. The first-order valence-corrected chi connectivity index (χ1v) is 10.7. The van der Waals surface area contributed by atoms with E-state index in [0.29, 0.717) is 28.1 Å². The van der Waals surface area contributed by atoms with E-state index in [2.05, 4.69) is 0 Å². The summed E-state index contributed by atoms with van der Waals surface area (Å²) in [6, 6.07) is 17.9. The molecular formula is C25H21ClFNO5. The second kappa shape index (κ2) is 9.92. The van der Waals surface area contributed by atoms with Gasteiger partial charge in [-0.3, -0.25) is 4.90 Å². The van der Waals surface area contributed by atoms with E-state index >= 15 is 0 Å². The fraction of sp³-hybridized carbons (Fsp3) is 0.200. The summed E-state index contributed by atoms with van der Waals surface area (Å²) in [6.07, 6.45) is -0.270. The van der Waals surface area contributed by atoms with E-state index in [1.54, 1.807) is 30.3 Å². The van der Waals surface area contributed by atoms with Gasteiger partial charge in [0.1, 0.15) is 18.2 Å². The number of amides is 1. The molecule has 1 aliphatic rings. The molecular weight excluding hydrogens is 449 g/mol. The van der Waals surface area contributed by atoms with Crippen LogP contribution in [0.2, 0.25) is 5.02 Å². The summed E-state index contributed by atoms with van der Waals surface area (Å²) in [7, 11) is 0. The molecule has 0 saturated heterocycles. The number of carbonyl (C=O) groups is 2. The summed E-state index contributed by atoms with van der Waals surface area (Å²) in [4.78, 5) is 25.7. The highest BCUT2D eigenvalue weighted by atomic mass is 35.5. The van der Waals surface area contributed by atoms with Crippen molar-refractivity contribution in [2.24, 2.45) is 0 Å². The van der Waals surface area contributed by atoms with Gasteiger partial charge in [-0.15, -0.1) is 0 Å². The zero-order valence-corrected chi connectivity index (χ0v) is 18.3. The van der Waals surface area contributed by atoms with E-state index in [1.165, 1.54) is 11.0 Å². The summed E-state index contributed by atoms with van der Waals surface area (Å²) >= 11 is 6.24. The Morgan fingerprint density at radius 2 is 1.85 bits per heavy atom. The molecule has 3 aromatic carbocycles. The van der Waals surface area contributed by atoms with Crippen molar-refractivity contribution in [1.82, 2.24) is 4.90 Å². The minimum atomic E-state index is -1.15. The predicted molar refractivity (Wildman–Crippen MR) is 120 cm³/mol. The molecule has 0 saturated carbocycles. The Bertz CT molecular complexity index is 1170. The lowest BCUT2D eigenvalue weighted by atomic mass is 9.87. The lowest BCUT2D eigenvalue weighted by Crippen LogP contribution is -2.41. The van der Waals surface area contributed by atoms with Crippen molar-refractivity contribution in [3.05, 3.63) is 99.8 Å². The van der Waals surface area contributed by atoms with Crippen LogP contribution in [0.4, 0.5) is 9.18 Å². The quantitative estimate of drug-likeness (QED) is 0.535. The minimum Gasteiger partial charge on any atom is -0.482 e. The first-order valence-electron chi connectivity index (χ1n) is 10.3. The van der Waals surface area contributed by atoms with Crippen LogP contribution in [0.1, 0.15) is 28.3 Å². The molecule has 1 N–H and O–H groups in total. The fourth-order valence-corrected chi connectivity index (χ4v) is 4.14. The van der Waals surface area contributed by atoms with E-state index in [9.17, 15) is 14.0 Å². The van der Waals surface area contributed by atoms with Crippen LogP contribution in [0.5, 0.6) is 5.75 Å². The number of carboxylic acid groups (broad SMARTS) is 1. The van der Waals surface area contributed by atoms with Gasteiger partial charge in [-0.25, -0.2) is 14.0 Å². The summed E-state index contributed by atoms with van der Waals surface area (Å²) < 4.78 is 25.7. The van der Waals surface area contributed by atoms with Crippen LogP contribution < -0.4 is 4.74 Å². The van der Waals surface area contributed by atoms with E-state index in [4.69, 9.17) is 26.2 Å². The van der Waals surface area contributed by atoms with Gasteiger partial charge in [0.25, 0.3) is 0 Å². The first kappa shape index (κ1) is 22.6. The van der Waals surface area contributed by atoms with Gasteiger partial charge in [0.05, 0.1) is 6.04 Å². The number of carboxylic acids is 1. The monoisotopic (exact) mass is 469 g/mol. The molecule has 0 fully saturated rings. The molecule has 0 radical (unpaired) electrons. The second-order valence-electron chi connectivity index (χ2n) is 7.56. The minimum absolute atomic E-state index is 0.0802. The third kappa shape index (κ3) is 5.09. The van der Waals surface area contributed by atoms with Crippen LogP contribution in [0.25, 0.3) is 0 Å². The van der Waals surface area contributed by atoms with E-state index in [0.717, 1.165) is 5.56 Å². The number of ether oxygens (including phenoxy) is 2. The Morgan fingerprint density at radius 1 is 1.06 bits per heavy atom. The van der Waals surface area contributed by atoms with Gasteiger partial charge in [-0.1, -0.05) is 54.1 Å². The summed E-state index contributed by atoms with van der Waals surface area (Å²) in [5.74, 6) is -1.28. The average molecular weight is 470 g/mol. The van der Waals surface area contributed by atoms with Gasteiger partial charge in [0, 0.05) is 17.1 Å². The van der Waals surface area contributed by atoms with Gasteiger partial charge < -0.3 is 14.6 Å². The van der Waals surface area contributed by atoms with E-state index in [1.807, 2.05) is 30.3 Å². The number of hydrogen-bond acceptors (Lipinski definition) is 4. The molecule has 0 spiro atoms. The van der Waals surface area contributed by atoms with Crippen LogP contribution >= 0.6 is 11.6 Å². The van der Waals surface area contributed by atoms with Crippen LogP contribution in [0.15, 0.2) is 66.7 Å². The Morgan fingerprint density at radius 3 is 2.61 bits per heavy atom. The van der Waals surface area contributed by atoms with Crippen LogP contribution in [-0.4, -0.2) is 35.2 Å². The van der Waals surface area contributed by atoms with Crippen molar-refractivity contribution < 1.29 is 28.6 Å². The maximum absolute atomic E-state index is 14.6. The molecule has 0 aliphatic carbocycles. The summed E-state index contributed by atoms with van der Waals surface area (Å²) in [5, 5.41) is 9.43. The maximum Gasteiger partial charge on any atom is 0.410 e. The molecule has 3 aromatic rings. The SMILES string of the molecule is O=C(O)COc1ccc(Cl)cc1C1c2cccc(F)c2CCN1C(=O)OCc1ccccc1. The largest absolute Gasteiger partial charge is 0.482 e. The lowest BCUT2D eigenvalue weighted by molar-refractivity contribution is -0.139. The Balaban J connectivity index is 1.73. The predicted octanol–water partition coefficient (Wildman–Crippen LogP) is 5.23. The van der Waals surface area contributed by atoms with Gasteiger partial charge in [-0.05, 0) is 47.4 Å². The summed E-state index contributed by atoms with van der Waals surface area (Å²) in [5.41, 5.74) is 2.34. The molecule has 1 amide bonds. The number of carbonyl (C=O) groups excluding carboxylic acids is 1. The van der Waals surface area contributed by atoms with Crippen molar-refractivity contribution in [3.63, 3.8) is 0 Å². The van der Waals surface area contributed by atoms with Crippen LogP contribution in [-0.2, 0) is 22.6 Å². The third-order valence-corrected chi connectivity index (χ3v) is 5.66. The van der Waals surface area contributed by atoms with Gasteiger partial charge in [-0.2, -0.15) is 0 Å². The molecule has 1 unspecified atom stereocenters. The number of halogens is 2. The smallest absolute Gasteiger partial charge is 0.410 e. The van der Waals surface area contributed by atoms with Crippen molar-refractivity contribution in [1.29, 1.82) is 0 Å². The zero-order valence-electron chi connectivity index (χ0n) is 17.5. The topological polar surface area (TPSA) is 76.1 Å². The van der Waals surface area contributed by atoms with Gasteiger partial charge in [0.2, 0.25) is 0 Å². The highest BCUT2D eigenvalue weighted by Gasteiger charge is 2.36. The van der Waals surface area contributed by atoms with Gasteiger partial charge in [0.15, 0.2) is 6.61 Å². The molecule has 170 valence electrons. The number of fused-ring (bicyclic) bond motifs is 1. The van der Waals surface area contributed by atoms with Crippen molar-refractivity contribution in [2.75, 3.05) is 13.2 Å². The van der Waals surface area contributed by atoms with E-state index < -0.39 is 24.7 Å².